The number of anilines is 1. The second kappa shape index (κ2) is 7.46. The van der Waals surface area contributed by atoms with Gasteiger partial charge >= 0.3 is 0 Å². The first kappa shape index (κ1) is 19.7. The van der Waals surface area contributed by atoms with E-state index in [1.165, 1.54) is 11.3 Å². The topological polar surface area (TPSA) is 91.3 Å². The van der Waals surface area contributed by atoms with Crippen molar-refractivity contribution in [2.24, 2.45) is 35.0 Å². The molecule has 0 saturated heterocycles. The highest BCUT2D eigenvalue weighted by Gasteiger charge is 2.69. The van der Waals surface area contributed by atoms with Crippen molar-refractivity contribution >= 4 is 44.2 Å². The molecular formula is C21H26BrN3O3S. The minimum atomic E-state index is -0.330. The maximum absolute atomic E-state index is 13.3. The van der Waals surface area contributed by atoms with Gasteiger partial charge in [-0.3, -0.25) is 9.59 Å². The van der Waals surface area contributed by atoms with Gasteiger partial charge in [-0.2, -0.15) is 0 Å². The summed E-state index contributed by atoms with van der Waals surface area (Å²) in [5.41, 5.74) is 0.127. The average Bonchev–Trinajstić information content (AvgIpc) is 3.21. The van der Waals surface area contributed by atoms with Gasteiger partial charge in [0.1, 0.15) is 0 Å². The Morgan fingerprint density at radius 3 is 2.34 bits per heavy atom. The van der Waals surface area contributed by atoms with E-state index in [-0.39, 0.29) is 53.5 Å². The van der Waals surface area contributed by atoms with Crippen LogP contribution in [0, 0.1) is 35.0 Å². The highest BCUT2D eigenvalue weighted by atomic mass is 79.9. The number of aliphatic hydroxyl groups is 1. The van der Waals surface area contributed by atoms with Gasteiger partial charge in [0, 0.05) is 12.6 Å². The Hall–Kier alpha value is -1.25. The molecule has 4 aliphatic rings. The van der Waals surface area contributed by atoms with E-state index < -0.39 is 0 Å². The van der Waals surface area contributed by atoms with Gasteiger partial charge in [0.05, 0.1) is 21.8 Å². The molecule has 1 aromatic heterocycles. The first-order chi connectivity index (χ1) is 14.0. The monoisotopic (exact) mass is 479 g/mol. The number of nitrogens with one attached hydrogen (secondary N) is 2. The van der Waals surface area contributed by atoms with Gasteiger partial charge in [-0.05, 0) is 77.6 Å². The lowest BCUT2D eigenvalue weighted by Gasteiger charge is -2.31. The van der Waals surface area contributed by atoms with Gasteiger partial charge in [-0.25, -0.2) is 4.98 Å². The van der Waals surface area contributed by atoms with Crippen molar-refractivity contribution in [3.05, 3.63) is 22.1 Å². The molecule has 5 rings (SSSR count). The number of carbonyl (C=O) groups excluding carboxylic acids is 2. The van der Waals surface area contributed by atoms with Crippen molar-refractivity contribution < 1.29 is 14.7 Å². The standard InChI is InChI=1S/C21H26BrN3O3S/c22-15-9-23-20(29-15)25-19(28)17-14-6-5-13(21(14)7-8-21)16(17)18(27)24-12-3-1-11(10-26)2-4-12/h5-6,9,11-14,16-17,26H,1-4,7-8,10H2,(H,24,27)(H,23,25,28)/t11?,12?,13-,14-,16-,17-/m1/s1. The van der Waals surface area contributed by atoms with Crippen molar-refractivity contribution in [2.75, 3.05) is 11.9 Å². The Kier molecular flexibility index (Phi) is 5.07. The van der Waals surface area contributed by atoms with Gasteiger partial charge in [0.25, 0.3) is 0 Å². The minimum Gasteiger partial charge on any atom is -0.396 e. The van der Waals surface area contributed by atoms with E-state index in [0.717, 1.165) is 42.3 Å². The molecular weight excluding hydrogens is 454 g/mol. The Labute approximate surface area is 182 Å². The predicted molar refractivity (Wildman–Crippen MR) is 114 cm³/mol. The van der Waals surface area contributed by atoms with E-state index in [0.29, 0.717) is 11.0 Å². The van der Waals surface area contributed by atoms with E-state index in [9.17, 15) is 14.7 Å². The normalized spacial score (nSPS) is 36.3. The van der Waals surface area contributed by atoms with Crippen LogP contribution in [0.5, 0.6) is 0 Å². The second-order valence-corrected chi connectivity index (χ2v) is 11.5. The highest BCUT2D eigenvalue weighted by molar-refractivity contribution is 9.11. The van der Waals surface area contributed by atoms with E-state index in [2.05, 4.69) is 43.7 Å². The lowest BCUT2D eigenvalue weighted by Crippen LogP contribution is -2.46. The molecule has 1 aromatic rings. The summed E-state index contributed by atoms with van der Waals surface area (Å²) in [4.78, 5) is 30.8. The van der Waals surface area contributed by atoms with E-state index >= 15 is 0 Å². The fourth-order valence-corrected chi connectivity index (χ4v) is 7.11. The molecule has 4 aliphatic carbocycles. The van der Waals surface area contributed by atoms with Crippen LogP contribution in [0.1, 0.15) is 38.5 Å². The molecule has 0 radical (unpaired) electrons. The summed E-state index contributed by atoms with van der Waals surface area (Å²) in [5, 5.41) is 16.1. The summed E-state index contributed by atoms with van der Waals surface area (Å²) in [6.07, 6.45) is 12.0. The van der Waals surface area contributed by atoms with Crippen LogP contribution in [-0.2, 0) is 9.59 Å². The van der Waals surface area contributed by atoms with Crippen molar-refractivity contribution in [3.8, 4) is 0 Å². The summed E-state index contributed by atoms with van der Waals surface area (Å²) < 4.78 is 0.868. The molecule has 2 bridgehead atoms. The lowest BCUT2D eigenvalue weighted by atomic mass is 9.81. The molecule has 1 heterocycles. The summed E-state index contributed by atoms with van der Waals surface area (Å²) in [5.74, 6) is -0.00752. The smallest absolute Gasteiger partial charge is 0.230 e. The number of allylic oxidation sites excluding steroid dienone is 2. The Morgan fingerprint density at radius 1 is 1.14 bits per heavy atom. The van der Waals surface area contributed by atoms with Crippen LogP contribution in [0.3, 0.4) is 0 Å². The number of nitrogens with zero attached hydrogens (tertiary/aromatic N) is 1. The zero-order chi connectivity index (χ0) is 20.2. The number of aliphatic hydroxyl groups excluding tert-OH is 1. The van der Waals surface area contributed by atoms with Gasteiger partial charge in [-0.15, -0.1) is 0 Å². The van der Waals surface area contributed by atoms with E-state index in [1.807, 2.05) is 0 Å². The molecule has 8 heteroatoms. The Morgan fingerprint density at radius 2 is 1.79 bits per heavy atom. The molecule has 4 atom stereocenters. The number of aromatic nitrogens is 1. The van der Waals surface area contributed by atoms with Crippen LogP contribution in [0.4, 0.5) is 5.13 Å². The Bertz CT molecular complexity index is 844. The van der Waals surface area contributed by atoms with E-state index in [1.54, 1.807) is 6.20 Å². The predicted octanol–water partition coefficient (Wildman–Crippen LogP) is 3.34. The lowest BCUT2D eigenvalue weighted by molar-refractivity contribution is -0.133. The SMILES string of the molecule is O=C(Nc1ncc(Br)s1)[C@H]1[C@H](C(=O)NC2CCC(CO)CC2)[C@H]2C=C[C@H]1C21CC1. The average molecular weight is 480 g/mol. The molecule has 3 N–H and O–H groups in total. The van der Waals surface area contributed by atoms with Gasteiger partial charge in [0.2, 0.25) is 11.8 Å². The Balaban J connectivity index is 1.32. The van der Waals surface area contributed by atoms with Gasteiger partial charge in [0.15, 0.2) is 5.13 Å². The molecule has 0 aromatic carbocycles. The maximum atomic E-state index is 13.3. The van der Waals surface area contributed by atoms with Crippen molar-refractivity contribution in [1.82, 2.24) is 10.3 Å². The molecule has 1 spiro atoms. The highest BCUT2D eigenvalue weighted by Crippen LogP contribution is 2.72. The zero-order valence-corrected chi connectivity index (χ0v) is 18.5. The molecule has 6 nitrogen and oxygen atoms in total. The fraction of sp³-hybridized carbons (Fsp3) is 0.667. The number of hydrogen-bond donors (Lipinski definition) is 3. The third-order valence-electron chi connectivity index (χ3n) is 7.61. The fourth-order valence-electron chi connectivity index (χ4n) is 6.00. The largest absolute Gasteiger partial charge is 0.396 e. The molecule has 3 fully saturated rings. The summed E-state index contributed by atoms with van der Waals surface area (Å²) >= 11 is 4.77. The van der Waals surface area contributed by atoms with Gasteiger partial charge < -0.3 is 15.7 Å². The number of amides is 2. The van der Waals surface area contributed by atoms with Crippen molar-refractivity contribution in [1.29, 1.82) is 0 Å². The number of halogens is 1. The number of carbonyl (C=O) groups is 2. The molecule has 0 unspecified atom stereocenters. The summed E-state index contributed by atoms with van der Waals surface area (Å²) in [6.45, 7) is 0.232. The van der Waals surface area contributed by atoms with Crippen LogP contribution >= 0.6 is 27.3 Å². The molecule has 29 heavy (non-hydrogen) atoms. The van der Waals surface area contributed by atoms with Crippen molar-refractivity contribution in [2.45, 2.75) is 44.6 Å². The second-order valence-electron chi connectivity index (χ2n) is 9.09. The first-order valence-corrected chi connectivity index (χ1v) is 12.1. The number of hydrogen-bond acceptors (Lipinski definition) is 5. The number of rotatable bonds is 5. The van der Waals surface area contributed by atoms with Crippen LogP contribution in [-0.4, -0.2) is 34.6 Å². The van der Waals surface area contributed by atoms with Crippen LogP contribution < -0.4 is 10.6 Å². The third-order valence-corrected chi connectivity index (χ3v) is 9.00. The van der Waals surface area contributed by atoms with Crippen LogP contribution in [0.25, 0.3) is 0 Å². The summed E-state index contributed by atoms with van der Waals surface area (Å²) in [7, 11) is 0. The van der Waals surface area contributed by atoms with E-state index in [4.69, 9.17) is 0 Å². The molecule has 2 amide bonds. The molecule has 3 saturated carbocycles. The first-order valence-electron chi connectivity index (χ1n) is 10.5. The zero-order valence-electron chi connectivity index (χ0n) is 16.1. The minimum absolute atomic E-state index is 0.0287. The van der Waals surface area contributed by atoms with Gasteiger partial charge in [-0.1, -0.05) is 23.5 Å². The van der Waals surface area contributed by atoms with Crippen LogP contribution in [0.15, 0.2) is 22.1 Å². The third kappa shape index (κ3) is 3.37. The number of thiazole rings is 1. The van der Waals surface area contributed by atoms with Crippen molar-refractivity contribution in [3.63, 3.8) is 0 Å². The maximum Gasteiger partial charge on any atom is 0.230 e. The van der Waals surface area contributed by atoms with Crippen LogP contribution in [0.2, 0.25) is 0 Å². The molecule has 156 valence electrons. The quantitative estimate of drug-likeness (QED) is 0.564. The summed E-state index contributed by atoms with van der Waals surface area (Å²) in [6, 6.07) is 0.155. The molecule has 0 aliphatic heterocycles.